The van der Waals surface area contributed by atoms with E-state index in [0.29, 0.717) is 53.4 Å². The molecule has 0 unspecified atom stereocenters. The van der Waals surface area contributed by atoms with Crippen molar-refractivity contribution in [1.82, 2.24) is 34.4 Å². The first-order valence-corrected chi connectivity index (χ1v) is 17.5. The number of aryl methyl sites for hydroxylation is 5. The van der Waals surface area contributed by atoms with Crippen LogP contribution in [0.2, 0.25) is 0 Å². The summed E-state index contributed by atoms with van der Waals surface area (Å²) in [5.41, 5.74) is 19.2. The van der Waals surface area contributed by atoms with E-state index in [0.717, 1.165) is 80.4 Å². The molecule has 6 rings (SSSR count). The van der Waals surface area contributed by atoms with Crippen molar-refractivity contribution in [3.05, 3.63) is 107 Å². The van der Waals surface area contributed by atoms with E-state index in [1.54, 1.807) is 18.6 Å². The first-order valence-electron chi connectivity index (χ1n) is 17.5. The molecule has 2 aliphatic heterocycles. The maximum Gasteiger partial charge on any atom is 0.253 e. The molecule has 0 radical (unpaired) electrons. The van der Waals surface area contributed by atoms with Crippen LogP contribution in [0.15, 0.2) is 56.2 Å². The Morgan fingerprint density at radius 3 is 2.35 bits per heavy atom. The lowest BCUT2D eigenvalue weighted by Crippen LogP contribution is -2.26. The van der Waals surface area contributed by atoms with Crippen LogP contribution in [-0.2, 0) is 24.3 Å². The zero-order valence-corrected chi connectivity index (χ0v) is 30.4. The Hall–Kier alpha value is -5.77. The molecular weight excluding hydrogens is 637 g/mol. The highest BCUT2D eigenvalue weighted by Crippen LogP contribution is 2.38. The molecule has 0 spiro atoms. The Balaban J connectivity index is 1.72. The van der Waals surface area contributed by atoms with Gasteiger partial charge in [-0.3, -0.25) is 9.59 Å². The van der Waals surface area contributed by atoms with Gasteiger partial charge in [-0.1, -0.05) is 39.2 Å². The maximum atomic E-state index is 14.1. The van der Waals surface area contributed by atoms with Gasteiger partial charge in [0.05, 0.1) is 45.8 Å². The quantitative estimate of drug-likeness (QED) is 0.140. The number of nitrogens with one attached hydrogen (secondary N) is 2. The number of allylic oxidation sites excluding steroid dienone is 4. The van der Waals surface area contributed by atoms with Crippen molar-refractivity contribution in [2.75, 3.05) is 6.54 Å². The number of amides is 2. The second-order valence-electron chi connectivity index (χ2n) is 13.1. The number of aromatic nitrogens is 6. The molecule has 51 heavy (non-hydrogen) atoms. The van der Waals surface area contributed by atoms with Crippen LogP contribution in [0, 0.1) is 13.8 Å². The Labute approximate surface area is 298 Å². The molecule has 4 N–H and O–H groups in total. The number of primary amides is 1. The Bertz CT molecular complexity index is 2330. The van der Waals surface area contributed by atoms with Gasteiger partial charge in [-0.05, 0) is 93.0 Å². The lowest BCUT2D eigenvalue weighted by atomic mass is 10.0. The van der Waals surface area contributed by atoms with Crippen LogP contribution in [0.25, 0.3) is 50.4 Å². The van der Waals surface area contributed by atoms with Crippen LogP contribution in [0.1, 0.15) is 95.9 Å². The normalized spacial score (nSPS) is 12.8. The molecule has 4 aromatic heterocycles. The van der Waals surface area contributed by atoms with Crippen LogP contribution in [0.3, 0.4) is 0 Å². The molecule has 4 aromatic rings. The third-order valence-corrected chi connectivity index (χ3v) is 10.00. The minimum absolute atomic E-state index is 0.191. The molecule has 2 aliphatic rings. The van der Waals surface area contributed by atoms with Gasteiger partial charge in [0.1, 0.15) is 0 Å². The number of hydrogen-bond donors (Lipinski definition) is 3. The SMILES string of the molecule is C=CC1=C(C)c2nc1cc1[nH]c(cc3nc(cc4c(CC)c(C)c(c2C(N)=O)n4CCC)C(C(=O)NCCCn2ccnc2)=C3C)c(C=C)c1C. The number of carbonyl (C=O) groups is 2. The van der Waals surface area contributed by atoms with Crippen LogP contribution in [-0.4, -0.2) is 47.4 Å². The molecule has 262 valence electrons. The van der Waals surface area contributed by atoms with Crippen molar-refractivity contribution in [3.8, 4) is 0 Å². The second-order valence-corrected chi connectivity index (χ2v) is 13.1. The number of aromatic amines is 1. The van der Waals surface area contributed by atoms with Gasteiger partial charge >= 0.3 is 0 Å². The topological polar surface area (TPSA) is 137 Å². The molecule has 0 aromatic carbocycles. The number of nitrogens with zero attached hydrogens (tertiary/aromatic N) is 5. The first-order chi connectivity index (χ1) is 24.5. The predicted molar refractivity (Wildman–Crippen MR) is 207 cm³/mol. The van der Waals surface area contributed by atoms with E-state index >= 15 is 0 Å². The highest BCUT2D eigenvalue weighted by molar-refractivity contribution is 6.27. The van der Waals surface area contributed by atoms with Crippen molar-refractivity contribution in [2.45, 2.75) is 73.9 Å². The zero-order valence-electron chi connectivity index (χ0n) is 30.4. The third-order valence-electron chi connectivity index (χ3n) is 10.00. The number of hydrogen-bond acceptors (Lipinski definition) is 5. The lowest BCUT2D eigenvalue weighted by molar-refractivity contribution is -0.115. The van der Waals surface area contributed by atoms with Gasteiger partial charge in [-0.15, -0.1) is 0 Å². The monoisotopic (exact) mass is 682 g/mol. The van der Waals surface area contributed by atoms with Gasteiger partial charge in [-0.25, -0.2) is 15.0 Å². The van der Waals surface area contributed by atoms with Crippen molar-refractivity contribution in [1.29, 1.82) is 0 Å². The van der Waals surface area contributed by atoms with E-state index in [1.807, 2.05) is 62.7 Å². The van der Waals surface area contributed by atoms with Crippen molar-refractivity contribution in [3.63, 3.8) is 0 Å². The van der Waals surface area contributed by atoms with E-state index in [2.05, 4.69) is 46.9 Å². The average Bonchev–Trinajstić information content (AvgIpc) is 3.90. The molecule has 6 heterocycles. The number of H-pyrrole nitrogens is 1. The van der Waals surface area contributed by atoms with Gasteiger partial charge in [0.25, 0.3) is 11.8 Å². The van der Waals surface area contributed by atoms with Gasteiger partial charge in [-0.2, -0.15) is 0 Å². The molecule has 0 saturated carbocycles. The number of rotatable bonds is 11. The Kier molecular flexibility index (Phi) is 9.78. The van der Waals surface area contributed by atoms with E-state index in [1.165, 1.54) is 0 Å². The molecular formula is C41H46N8O2. The molecule has 0 aliphatic carbocycles. The average molecular weight is 683 g/mol. The first kappa shape index (κ1) is 35.1. The van der Waals surface area contributed by atoms with Crippen LogP contribution in [0.4, 0.5) is 0 Å². The summed E-state index contributed by atoms with van der Waals surface area (Å²) in [5, 5.41) is 3.14. The van der Waals surface area contributed by atoms with Crippen molar-refractivity contribution < 1.29 is 9.59 Å². The number of imidazole rings is 1. The van der Waals surface area contributed by atoms with E-state index < -0.39 is 5.91 Å². The van der Waals surface area contributed by atoms with Crippen molar-refractivity contribution >= 4 is 62.2 Å². The molecule has 8 bridgehead atoms. The minimum Gasteiger partial charge on any atom is -0.365 e. The number of carbonyl (C=O) groups excluding carboxylic acids is 2. The fourth-order valence-electron chi connectivity index (χ4n) is 7.42. The van der Waals surface area contributed by atoms with Crippen LogP contribution < -0.4 is 11.1 Å². The summed E-state index contributed by atoms with van der Waals surface area (Å²) in [6, 6.07) is 5.96. The van der Waals surface area contributed by atoms with E-state index in [-0.39, 0.29) is 5.91 Å². The summed E-state index contributed by atoms with van der Waals surface area (Å²) < 4.78 is 4.14. The summed E-state index contributed by atoms with van der Waals surface area (Å²) >= 11 is 0. The fourth-order valence-corrected chi connectivity index (χ4v) is 7.42. The molecule has 0 fully saturated rings. The molecule has 10 nitrogen and oxygen atoms in total. The Morgan fingerprint density at radius 2 is 1.71 bits per heavy atom. The predicted octanol–water partition coefficient (Wildman–Crippen LogP) is 7.57. The van der Waals surface area contributed by atoms with Crippen LogP contribution >= 0.6 is 0 Å². The van der Waals surface area contributed by atoms with Gasteiger partial charge in [0, 0.05) is 59.7 Å². The standard InChI is InChI=1S/C41H46N8O2/c1-9-16-49-35-21-34-36(41(51)44-14-13-17-48-18-15-43-22-48)26(8)31(46-34)20-32-27(10-2)23(5)30(45-32)19-33-28(11-3)24(6)38(47-33)37(40(42)50)39(49)25(7)29(35)12-4/h10-11,15,18-22,45H,2-3,9,12-14,16-17H2,1,4-8H3,(H2,42,50)(H,44,51). The van der Waals surface area contributed by atoms with E-state index in [9.17, 15) is 9.59 Å². The van der Waals surface area contributed by atoms with Gasteiger partial charge < -0.3 is 25.2 Å². The fraction of sp³-hybridized carbons (Fsp3) is 0.293. The highest BCUT2D eigenvalue weighted by Gasteiger charge is 2.27. The summed E-state index contributed by atoms with van der Waals surface area (Å²) in [6.07, 6.45) is 11.3. The summed E-state index contributed by atoms with van der Waals surface area (Å²) in [6.45, 7) is 22.2. The summed E-state index contributed by atoms with van der Waals surface area (Å²) in [5.74, 6) is -0.753. The van der Waals surface area contributed by atoms with E-state index in [4.69, 9.17) is 15.7 Å². The summed E-state index contributed by atoms with van der Waals surface area (Å²) in [4.78, 5) is 45.5. The van der Waals surface area contributed by atoms with Crippen LogP contribution in [0.5, 0.6) is 0 Å². The van der Waals surface area contributed by atoms with Gasteiger partial charge in [0.15, 0.2) is 0 Å². The van der Waals surface area contributed by atoms with Crippen molar-refractivity contribution in [2.24, 2.45) is 5.73 Å². The second kappa shape index (κ2) is 14.2. The largest absolute Gasteiger partial charge is 0.365 e. The maximum absolute atomic E-state index is 14.1. The zero-order chi connectivity index (χ0) is 36.6. The minimum atomic E-state index is -0.562. The molecule has 0 saturated heterocycles. The molecule has 0 atom stereocenters. The molecule has 10 heteroatoms. The van der Waals surface area contributed by atoms with Gasteiger partial charge in [0.2, 0.25) is 0 Å². The molecule has 2 amide bonds. The highest BCUT2D eigenvalue weighted by atomic mass is 16.2. The lowest BCUT2D eigenvalue weighted by Gasteiger charge is -2.10. The Morgan fingerprint density at radius 1 is 0.941 bits per heavy atom. The number of nitrogens with two attached hydrogens (primary N) is 1. The summed E-state index contributed by atoms with van der Waals surface area (Å²) in [7, 11) is 0. The third kappa shape index (κ3) is 6.15. The number of fused-ring (bicyclic) bond motifs is 8. The smallest absolute Gasteiger partial charge is 0.253 e.